The number of carboxylic acid groups (broad SMARTS) is 2. The maximum Gasteiger partial charge on any atom is 0.336 e. The molecule has 3 fully saturated rings. The number of fused-ring (bicyclic) bond motifs is 2. The summed E-state index contributed by atoms with van der Waals surface area (Å²) in [5.74, 6) is -9.34. The third-order valence-electron chi connectivity index (χ3n) is 9.15. The molecule has 2 aliphatic carbocycles. The number of nitrogens with one attached hydrogen (secondary N) is 1. The molecule has 3 aliphatic rings. The van der Waals surface area contributed by atoms with E-state index in [9.17, 15) is 43.8 Å². The van der Waals surface area contributed by atoms with Crippen molar-refractivity contribution in [3.63, 3.8) is 0 Å². The summed E-state index contributed by atoms with van der Waals surface area (Å²) in [6, 6.07) is 0. The van der Waals surface area contributed by atoms with Crippen molar-refractivity contribution in [2.45, 2.75) is 90.3 Å². The van der Waals surface area contributed by atoms with Crippen molar-refractivity contribution in [2.24, 2.45) is 29.1 Å². The summed E-state index contributed by atoms with van der Waals surface area (Å²) in [7, 11) is 1.58. The number of quaternary nitrogens is 1. The van der Waals surface area contributed by atoms with Crippen molar-refractivity contribution in [1.82, 2.24) is 0 Å². The van der Waals surface area contributed by atoms with Crippen LogP contribution in [-0.2, 0) is 57.2 Å². The third kappa shape index (κ3) is 7.72. The number of hydrogen-bond donors (Lipinski definition) is 4. The summed E-state index contributed by atoms with van der Waals surface area (Å²) in [5.41, 5.74) is -3.97. The number of carbonyl (C=O) groups is 7. The summed E-state index contributed by atoms with van der Waals surface area (Å²) in [4.78, 5) is 85.2. The van der Waals surface area contributed by atoms with Gasteiger partial charge in [-0.2, -0.15) is 0 Å². The fraction of sp³-hybridized carbons (Fsp3) is 0.759. The van der Waals surface area contributed by atoms with E-state index < -0.39 is 108 Å². The number of esters is 5. The van der Waals surface area contributed by atoms with E-state index in [0.717, 1.165) is 0 Å². The number of carboxylic acids is 2. The Balaban J connectivity index is 1.89. The number of hydrogen-bond acceptors (Lipinski definition) is 13. The van der Waals surface area contributed by atoms with E-state index in [0.29, 0.717) is 11.3 Å². The Morgan fingerprint density at radius 2 is 1.58 bits per heavy atom. The molecule has 16 heteroatoms. The standard InChI is InChI=1S/C29H41NO15/c1-13-7-18-23(25(44-16(4)33)28(5)20(43-15(3)32)8-19(24(13)28)42-14(2)31)17(26(37)45-18)11-30(6)12-41-22(36)10-29(40,27(38)39)9-21(34)35/h13,17-20,23-25,40H,7-12H2,1-6H3,(H,34,35)(H,38,39)/p+1/t13-,17-,18+,19+,20+,23-,24-,25+,28-,29?/m1/s1. The van der Waals surface area contributed by atoms with Crippen LogP contribution in [-0.4, -0.2) is 107 Å². The minimum Gasteiger partial charge on any atom is -0.481 e. The minimum atomic E-state index is -2.87. The fourth-order valence-corrected chi connectivity index (χ4v) is 7.55. The summed E-state index contributed by atoms with van der Waals surface area (Å²) in [5, 5.41) is 28.2. The van der Waals surface area contributed by atoms with Gasteiger partial charge in [0, 0.05) is 38.5 Å². The van der Waals surface area contributed by atoms with Crippen LogP contribution >= 0.6 is 0 Å². The summed E-state index contributed by atoms with van der Waals surface area (Å²) < 4.78 is 28.3. The van der Waals surface area contributed by atoms with E-state index in [1.165, 1.54) is 20.8 Å². The van der Waals surface area contributed by atoms with Crippen molar-refractivity contribution in [2.75, 3.05) is 20.3 Å². The Morgan fingerprint density at radius 1 is 0.978 bits per heavy atom. The van der Waals surface area contributed by atoms with Gasteiger partial charge in [-0.05, 0) is 12.3 Å². The Labute approximate surface area is 259 Å². The molecule has 0 amide bonds. The van der Waals surface area contributed by atoms with Crippen LogP contribution in [0.5, 0.6) is 0 Å². The maximum absolute atomic E-state index is 13.3. The average molecular weight is 645 g/mol. The molecule has 0 aromatic rings. The van der Waals surface area contributed by atoms with Gasteiger partial charge >= 0.3 is 41.8 Å². The normalized spacial score (nSPS) is 34.1. The van der Waals surface area contributed by atoms with Crippen molar-refractivity contribution in [3.8, 4) is 0 Å². The lowest BCUT2D eigenvalue weighted by atomic mass is 9.66. The van der Waals surface area contributed by atoms with Crippen LogP contribution in [0.25, 0.3) is 0 Å². The second-order valence-electron chi connectivity index (χ2n) is 12.7. The van der Waals surface area contributed by atoms with Crippen LogP contribution in [0.4, 0.5) is 0 Å². The smallest absolute Gasteiger partial charge is 0.336 e. The first kappa shape index (κ1) is 35.7. The van der Waals surface area contributed by atoms with Crippen LogP contribution in [0, 0.1) is 29.1 Å². The SMILES string of the molecule is CC(=O)O[C@H]1C[C@H](OC(C)=O)[C@]2(C)[C@@H]1[C@H](C)C[C@@H]1OC(=O)[C@H](C[NH+](C)COC(=O)CC(O)(CC(=O)O)C(=O)O)[C@H]1[C@@H]2OC(C)=O. The molecular weight excluding hydrogens is 602 g/mol. The minimum absolute atomic E-state index is 0.00407. The molecule has 2 saturated carbocycles. The maximum atomic E-state index is 13.3. The second-order valence-corrected chi connectivity index (χ2v) is 12.7. The molecule has 0 aromatic carbocycles. The van der Waals surface area contributed by atoms with Gasteiger partial charge < -0.3 is 43.9 Å². The lowest BCUT2D eigenvalue weighted by molar-refractivity contribution is -0.900. The number of ether oxygens (including phenoxy) is 5. The van der Waals surface area contributed by atoms with Crippen molar-refractivity contribution < 1.29 is 77.5 Å². The van der Waals surface area contributed by atoms with Gasteiger partial charge in [0.15, 0.2) is 5.60 Å². The van der Waals surface area contributed by atoms with Gasteiger partial charge in [-0.1, -0.05) is 13.8 Å². The number of aliphatic carboxylic acids is 2. The molecule has 0 radical (unpaired) electrons. The molecule has 4 N–H and O–H groups in total. The largest absolute Gasteiger partial charge is 0.481 e. The highest BCUT2D eigenvalue weighted by Gasteiger charge is 2.69. The summed E-state index contributed by atoms with van der Waals surface area (Å²) in [6.07, 6.45) is -5.09. The van der Waals surface area contributed by atoms with Gasteiger partial charge in [0.2, 0.25) is 6.73 Å². The van der Waals surface area contributed by atoms with Gasteiger partial charge in [-0.25, -0.2) is 4.79 Å². The lowest BCUT2D eigenvalue weighted by Gasteiger charge is -2.44. The van der Waals surface area contributed by atoms with Crippen molar-refractivity contribution in [3.05, 3.63) is 0 Å². The van der Waals surface area contributed by atoms with Gasteiger partial charge in [0.1, 0.15) is 30.3 Å². The molecule has 0 bridgehead atoms. The van der Waals surface area contributed by atoms with E-state index in [1.54, 1.807) is 14.0 Å². The first-order valence-electron chi connectivity index (χ1n) is 14.7. The molecule has 16 nitrogen and oxygen atoms in total. The van der Waals surface area contributed by atoms with E-state index in [2.05, 4.69) is 0 Å². The van der Waals surface area contributed by atoms with Gasteiger partial charge in [-0.15, -0.1) is 0 Å². The van der Waals surface area contributed by atoms with Gasteiger partial charge in [0.25, 0.3) is 0 Å². The first-order valence-corrected chi connectivity index (χ1v) is 14.7. The zero-order valence-electron chi connectivity index (χ0n) is 26.1. The summed E-state index contributed by atoms with van der Waals surface area (Å²) >= 11 is 0. The van der Waals surface area contributed by atoms with E-state index in [4.69, 9.17) is 28.8 Å². The number of rotatable bonds is 12. The second kappa shape index (κ2) is 13.7. The fourth-order valence-electron chi connectivity index (χ4n) is 7.55. The van der Waals surface area contributed by atoms with Crippen LogP contribution in [0.3, 0.4) is 0 Å². The molecule has 252 valence electrons. The van der Waals surface area contributed by atoms with Gasteiger partial charge in [0.05, 0.1) is 32.4 Å². The predicted molar refractivity (Wildman–Crippen MR) is 146 cm³/mol. The van der Waals surface area contributed by atoms with Crippen molar-refractivity contribution in [1.29, 1.82) is 0 Å². The third-order valence-corrected chi connectivity index (χ3v) is 9.15. The Morgan fingerprint density at radius 3 is 2.11 bits per heavy atom. The highest BCUT2D eigenvalue weighted by Crippen LogP contribution is 2.59. The van der Waals surface area contributed by atoms with Crippen LogP contribution in [0.2, 0.25) is 0 Å². The average Bonchev–Trinajstić information content (AvgIpc) is 3.29. The van der Waals surface area contributed by atoms with Crippen LogP contribution in [0.15, 0.2) is 0 Å². The molecule has 0 spiro atoms. The molecule has 1 heterocycles. The zero-order chi connectivity index (χ0) is 34.0. The zero-order valence-corrected chi connectivity index (χ0v) is 26.1. The molecule has 45 heavy (non-hydrogen) atoms. The highest BCUT2D eigenvalue weighted by molar-refractivity contribution is 5.88. The summed E-state index contributed by atoms with van der Waals surface area (Å²) in [6.45, 7) is 7.04. The van der Waals surface area contributed by atoms with Crippen molar-refractivity contribution >= 4 is 41.8 Å². The van der Waals surface area contributed by atoms with E-state index >= 15 is 0 Å². The monoisotopic (exact) mass is 644 g/mol. The molecule has 11 atom stereocenters. The quantitative estimate of drug-likeness (QED) is 0.110. The number of carbonyl (C=O) groups excluding carboxylic acids is 5. The number of aliphatic hydroxyl groups is 1. The van der Waals surface area contributed by atoms with Crippen LogP contribution < -0.4 is 4.90 Å². The molecule has 3 rings (SSSR count). The van der Waals surface area contributed by atoms with E-state index in [1.807, 2.05) is 6.92 Å². The topological polar surface area (TPSA) is 231 Å². The molecular formula is C29H42NO15+. The van der Waals surface area contributed by atoms with E-state index in [-0.39, 0.29) is 25.6 Å². The Bertz CT molecular complexity index is 1220. The van der Waals surface area contributed by atoms with Gasteiger partial charge in [-0.3, -0.25) is 28.8 Å². The predicted octanol–water partition coefficient (Wildman–Crippen LogP) is -1.30. The molecule has 0 aromatic heterocycles. The molecule has 1 saturated heterocycles. The Kier molecular flexibility index (Phi) is 10.9. The first-order chi connectivity index (χ1) is 20.8. The highest BCUT2D eigenvalue weighted by atomic mass is 16.6. The molecule has 1 aliphatic heterocycles. The lowest BCUT2D eigenvalue weighted by Crippen LogP contribution is -3.10. The molecule has 2 unspecified atom stereocenters. The Hall–Kier alpha value is -3.79. The van der Waals surface area contributed by atoms with Crippen LogP contribution in [0.1, 0.15) is 60.3 Å².